The monoisotopic (exact) mass is 303 g/mol. The first-order chi connectivity index (χ1) is 10.1. The smallest absolute Gasteiger partial charge is 0.224 e. The molecule has 1 aromatic carbocycles. The summed E-state index contributed by atoms with van der Waals surface area (Å²) in [6.07, 6.45) is 0.404. The normalized spacial score (nSPS) is 10.6. The predicted octanol–water partition coefficient (Wildman–Crippen LogP) is 2.49. The van der Waals surface area contributed by atoms with Crippen LogP contribution in [0.2, 0.25) is 0 Å². The highest BCUT2D eigenvalue weighted by atomic mass is 32.2. The van der Waals surface area contributed by atoms with Crippen molar-refractivity contribution in [2.45, 2.75) is 25.2 Å². The second kappa shape index (κ2) is 7.31. The molecule has 0 aliphatic heterocycles. The van der Waals surface area contributed by atoms with E-state index in [0.717, 1.165) is 22.7 Å². The molecule has 112 valence electrons. The van der Waals surface area contributed by atoms with Crippen molar-refractivity contribution in [1.82, 2.24) is 15.1 Å². The molecule has 0 saturated carbocycles. The van der Waals surface area contributed by atoms with Crippen molar-refractivity contribution in [3.8, 4) is 0 Å². The fourth-order valence-electron chi connectivity index (χ4n) is 2.17. The standard InChI is InChI=1S/C16H21N3OS/c1-12-15(13(2)19(3)18-12)11-16(20)17-9-10-21-14-7-5-4-6-8-14/h4-8H,9-11H2,1-3H3,(H,17,20). The molecule has 1 aromatic heterocycles. The van der Waals surface area contributed by atoms with Gasteiger partial charge in [0.25, 0.3) is 0 Å². The van der Waals surface area contributed by atoms with E-state index < -0.39 is 0 Å². The van der Waals surface area contributed by atoms with Gasteiger partial charge in [-0.1, -0.05) is 18.2 Å². The first-order valence-corrected chi connectivity index (χ1v) is 8.00. The maximum absolute atomic E-state index is 12.0. The summed E-state index contributed by atoms with van der Waals surface area (Å²) in [6, 6.07) is 10.2. The number of aromatic nitrogens is 2. The van der Waals surface area contributed by atoms with Gasteiger partial charge in [0.05, 0.1) is 12.1 Å². The molecular formula is C16H21N3OS. The number of amides is 1. The van der Waals surface area contributed by atoms with E-state index in [1.807, 2.05) is 43.8 Å². The van der Waals surface area contributed by atoms with Gasteiger partial charge in [-0.3, -0.25) is 9.48 Å². The summed E-state index contributed by atoms with van der Waals surface area (Å²) in [5.41, 5.74) is 3.02. The van der Waals surface area contributed by atoms with Crippen LogP contribution >= 0.6 is 11.8 Å². The lowest BCUT2D eigenvalue weighted by atomic mass is 10.1. The van der Waals surface area contributed by atoms with E-state index in [0.29, 0.717) is 13.0 Å². The second-order valence-corrected chi connectivity index (χ2v) is 6.13. The van der Waals surface area contributed by atoms with Crippen molar-refractivity contribution >= 4 is 17.7 Å². The van der Waals surface area contributed by atoms with Gasteiger partial charge in [-0.2, -0.15) is 5.10 Å². The average molecular weight is 303 g/mol. The highest BCUT2D eigenvalue weighted by Crippen LogP contribution is 2.16. The summed E-state index contributed by atoms with van der Waals surface area (Å²) >= 11 is 1.75. The molecule has 2 aromatic rings. The van der Waals surface area contributed by atoms with Gasteiger partial charge in [-0.15, -0.1) is 11.8 Å². The molecule has 2 rings (SSSR count). The summed E-state index contributed by atoms with van der Waals surface area (Å²) in [5.74, 6) is 0.934. The van der Waals surface area contributed by atoms with Crippen LogP contribution < -0.4 is 5.32 Å². The van der Waals surface area contributed by atoms with Crippen molar-refractivity contribution in [3.63, 3.8) is 0 Å². The number of nitrogens with zero attached hydrogens (tertiary/aromatic N) is 2. The summed E-state index contributed by atoms with van der Waals surface area (Å²) in [7, 11) is 1.90. The first-order valence-electron chi connectivity index (χ1n) is 7.01. The second-order valence-electron chi connectivity index (χ2n) is 4.96. The summed E-state index contributed by atoms with van der Waals surface area (Å²) < 4.78 is 1.82. The van der Waals surface area contributed by atoms with E-state index in [1.54, 1.807) is 11.8 Å². The third-order valence-electron chi connectivity index (χ3n) is 3.43. The van der Waals surface area contributed by atoms with Gasteiger partial charge >= 0.3 is 0 Å². The molecule has 0 unspecified atom stereocenters. The zero-order chi connectivity index (χ0) is 15.2. The number of benzene rings is 1. The maximum atomic E-state index is 12.0. The fourth-order valence-corrected chi connectivity index (χ4v) is 2.96. The molecule has 0 spiro atoms. The molecule has 0 saturated heterocycles. The minimum atomic E-state index is 0.0582. The van der Waals surface area contributed by atoms with Crippen molar-refractivity contribution < 1.29 is 4.79 Å². The Bertz CT molecular complexity index is 607. The molecule has 1 heterocycles. The third kappa shape index (κ3) is 4.36. The number of carbonyl (C=O) groups is 1. The Morgan fingerprint density at radius 1 is 1.29 bits per heavy atom. The highest BCUT2D eigenvalue weighted by molar-refractivity contribution is 7.99. The number of hydrogen-bond donors (Lipinski definition) is 1. The minimum Gasteiger partial charge on any atom is -0.355 e. The first kappa shape index (κ1) is 15.6. The highest BCUT2D eigenvalue weighted by Gasteiger charge is 2.12. The van der Waals surface area contributed by atoms with Crippen LogP contribution in [0.1, 0.15) is 17.0 Å². The number of aryl methyl sites for hydroxylation is 2. The van der Waals surface area contributed by atoms with E-state index in [-0.39, 0.29) is 5.91 Å². The van der Waals surface area contributed by atoms with Gasteiger partial charge < -0.3 is 5.32 Å². The average Bonchev–Trinajstić information content (AvgIpc) is 2.71. The van der Waals surface area contributed by atoms with Crippen LogP contribution in [-0.4, -0.2) is 28.0 Å². The van der Waals surface area contributed by atoms with Gasteiger partial charge in [0, 0.05) is 35.5 Å². The van der Waals surface area contributed by atoms with Crippen LogP contribution in [0.5, 0.6) is 0 Å². The molecule has 1 N–H and O–H groups in total. The van der Waals surface area contributed by atoms with Crippen LogP contribution in [0.25, 0.3) is 0 Å². The molecule has 0 fully saturated rings. The quantitative estimate of drug-likeness (QED) is 0.659. The van der Waals surface area contributed by atoms with Crippen LogP contribution in [0.15, 0.2) is 35.2 Å². The maximum Gasteiger partial charge on any atom is 0.224 e. The Balaban J connectivity index is 1.75. The Labute approximate surface area is 129 Å². The van der Waals surface area contributed by atoms with Gasteiger partial charge in [-0.25, -0.2) is 0 Å². The Hall–Kier alpha value is -1.75. The topological polar surface area (TPSA) is 46.9 Å². The van der Waals surface area contributed by atoms with Crippen molar-refractivity contribution in [2.75, 3.05) is 12.3 Å². The van der Waals surface area contributed by atoms with Crippen LogP contribution in [0.4, 0.5) is 0 Å². The van der Waals surface area contributed by atoms with E-state index in [1.165, 1.54) is 4.90 Å². The lowest BCUT2D eigenvalue weighted by Crippen LogP contribution is -2.27. The SMILES string of the molecule is Cc1nn(C)c(C)c1CC(=O)NCCSc1ccccc1. The molecular weight excluding hydrogens is 282 g/mol. The Morgan fingerprint density at radius 2 is 2.00 bits per heavy atom. The molecule has 0 atom stereocenters. The molecule has 21 heavy (non-hydrogen) atoms. The van der Waals surface area contributed by atoms with Crippen LogP contribution in [-0.2, 0) is 18.3 Å². The summed E-state index contributed by atoms with van der Waals surface area (Å²) in [6.45, 7) is 4.62. The van der Waals surface area contributed by atoms with Crippen molar-refractivity contribution in [1.29, 1.82) is 0 Å². The fraction of sp³-hybridized carbons (Fsp3) is 0.375. The third-order valence-corrected chi connectivity index (χ3v) is 4.45. The van der Waals surface area contributed by atoms with Gasteiger partial charge in [0.1, 0.15) is 0 Å². The van der Waals surface area contributed by atoms with E-state index in [2.05, 4.69) is 22.5 Å². The van der Waals surface area contributed by atoms with Gasteiger partial charge in [0.15, 0.2) is 0 Å². The number of hydrogen-bond acceptors (Lipinski definition) is 3. The lowest BCUT2D eigenvalue weighted by Gasteiger charge is -2.06. The molecule has 1 amide bonds. The van der Waals surface area contributed by atoms with Crippen LogP contribution in [0.3, 0.4) is 0 Å². The van der Waals surface area contributed by atoms with Crippen molar-refractivity contribution in [2.24, 2.45) is 7.05 Å². The van der Waals surface area contributed by atoms with Gasteiger partial charge in [-0.05, 0) is 26.0 Å². The van der Waals surface area contributed by atoms with Crippen LogP contribution in [0, 0.1) is 13.8 Å². The van der Waals surface area contributed by atoms with E-state index in [4.69, 9.17) is 0 Å². The Morgan fingerprint density at radius 3 is 2.62 bits per heavy atom. The molecule has 5 heteroatoms. The molecule has 0 aliphatic rings. The number of rotatable bonds is 6. The lowest BCUT2D eigenvalue weighted by molar-refractivity contribution is -0.120. The largest absolute Gasteiger partial charge is 0.355 e. The van der Waals surface area contributed by atoms with Crippen molar-refractivity contribution in [3.05, 3.63) is 47.3 Å². The van der Waals surface area contributed by atoms with E-state index >= 15 is 0 Å². The molecule has 0 aliphatic carbocycles. The number of carbonyl (C=O) groups excluding carboxylic acids is 1. The minimum absolute atomic E-state index is 0.0582. The van der Waals surface area contributed by atoms with E-state index in [9.17, 15) is 4.79 Å². The summed E-state index contributed by atoms with van der Waals surface area (Å²) in [5, 5.41) is 7.30. The number of nitrogens with one attached hydrogen (secondary N) is 1. The van der Waals surface area contributed by atoms with Gasteiger partial charge in [0.2, 0.25) is 5.91 Å². The molecule has 0 bridgehead atoms. The molecule has 0 radical (unpaired) electrons. The zero-order valence-electron chi connectivity index (χ0n) is 12.7. The molecule has 4 nitrogen and oxygen atoms in total. The zero-order valence-corrected chi connectivity index (χ0v) is 13.5. The predicted molar refractivity (Wildman–Crippen MR) is 86.6 cm³/mol. The Kier molecular flexibility index (Phi) is 5.44. The summed E-state index contributed by atoms with van der Waals surface area (Å²) in [4.78, 5) is 13.2. The number of thioether (sulfide) groups is 1.